The summed E-state index contributed by atoms with van der Waals surface area (Å²) in [6.45, 7) is 0. The molecular weight excluding hydrogens is 645 g/mol. The molecule has 0 radical (unpaired) electrons. The largest absolute Gasteiger partial charge is 0.455 e. The maximum atomic E-state index is 6.50. The van der Waals surface area contributed by atoms with Crippen LogP contribution in [0.3, 0.4) is 0 Å². The third-order valence-corrected chi connectivity index (χ3v) is 10.8. The molecule has 3 heteroatoms. The summed E-state index contributed by atoms with van der Waals surface area (Å²) in [7, 11) is 0. The first-order valence-electron chi connectivity index (χ1n) is 18.1. The number of hydrogen-bond acceptors (Lipinski definition) is 2. The standard InChI is InChI=1S/C50H32N2O/c1-3-13-40-35(10-1)12-9-19-46(40)51(39-29-31-49-45(32-39)44-30-24-36-11-2-4-14-41(36)50(44)53-49)37-25-20-33(21-26-37)34-22-27-38(28-23-34)52-47-17-7-5-15-42(47)43-16-6-8-18-48(43)52/h1-32H. The van der Waals surface area contributed by atoms with Crippen LogP contribution in [0, 0.1) is 0 Å². The molecular formula is C50H32N2O. The zero-order valence-electron chi connectivity index (χ0n) is 28.8. The van der Waals surface area contributed by atoms with Crippen LogP contribution in [0.15, 0.2) is 199 Å². The summed E-state index contributed by atoms with van der Waals surface area (Å²) in [4.78, 5) is 2.37. The van der Waals surface area contributed by atoms with Gasteiger partial charge in [-0.25, -0.2) is 0 Å². The Bertz CT molecular complexity index is 3110. The molecule has 53 heavy (non-hydrogen) atoms. The van der Waals surface area contributed by atoms with E-state index in [9.17, 15) is 0 Å². The molecule has 0 spiro atoms. The van der Waals surface area contributed by atoms with Crippen molar-refractivity contribution in [2.75, 3.05) is 4.90 Å². The van der Waals surface area contributed by atoms with Crippen molar-refractivity contribution in [3.8, 4) is 16.8 Å². The average Bonchev–Trinajstić information content (AvgIpc) is 3.77. The van der Waals surface area contributed by atoms with Crippen molar-refractivity contribution in [3.63, 3.8) is 0 Å². The average molecular weight is 677 g/mol. The highest BCUT2D eigenvalue weighted by Gasteiger charge is 2.19. The Kier molecular flexibility index (Phi) is 6.55. The van der Waals surface area contributed by atoms with E-state index in [1.807, 2.05) is 0 Å². The number of benzene rings is 9. The van der Waals surface area contributed by atoms with Crippen molar-refractivity contribution in [2.24, 2.45) is 0 Å². The Hall–Kier alpha value is -7.10. The number of anilines is 3. The summed E-state index contributed by atoms with van der Waals surface area (Å²) in [6.07, 6.45) is 0. The van der Waals surface area contributed by atoms with E-state index < -0.39 is 0 Å². The van der Waals surface area contributed by atoms with Gasteiger partial charge in [-0.2, -0.15) is 0 Å². The lowest BCUT2D eigenvalue weighted by molar-refractivity contribution is 0.672. The summed E-state index contributed by atoms with van der Waals surface area (Å²) < 4.78 is 8.86. The Labute approximate surface area is 306 Å². The second-order valence-corrected chi connectivity index (χ2v) is 13.7. The van der Waals surface area contributed by atoms with Crippen LogP contribution >= 0.6 is 0 Å². The maximum absolute atomic E-state index is 6.50. The van der Waals surface area contributed by atoms with E-state index >= 15 is 0 Å². The Morgan fingerprint density at radius 2 is 0.943 bits per heavy atom. The fourth-order valence-corrected chi connectivity index (χ4v) is 8.27. The highest BCUT2D eigenvalue weighted by Crippen LogP contribution is 2.43. The smallest absolute Gasteiger partial charge is 0.143 e. The SMILES string of the molecule is c1ccc2c(N(c3ccc(-c4ccc(-n5c6ccccc6c6ccccc65)cc4)cc3)c3ccc4oc5c6ccccc6ccc5c4c3)cccc2c1. The van der Waals surface area contributed by atoms with Crippen molar-refractivity contribution in [1.29, 1.82) is 0 Å². The van der Waals surface area contributed by atoms with Crippen molar-refractivity contribution in [1.82, 2.24) is 4.57 Å². The first kappa shape index (κ1) is 29.6. The molecule has 0 saturated carbocycles. The third-order valence-electron chi connectivity index (χ3n) is 10.8. The summed E-state index contributed by atoms with van der Waals surface area (Å²) >= 11 is 0. The number of para-hydroxylation sites is 2. The van der Waals surface area contributed by atoms with Crippen LogP contribution in [0.1, 0.15) is 0 Å². The Morgan fingerprint density at radius 3 is 1.66 bits per heavy atom. The first-order chi connectivity index (χ1) is 26.3. The minimum atomic E-state index is 0.887. The maximum Gasteiger partial charge on any atom is 0.143 e. The van der Waals surface area contributed by atoms with Crippen molar-refractivity contribution in [2.45, 2.75) is 0 Å². The Balaban J connectivity index is 1.01. The summed E-state index contributed by atoms with van der Waals surface area (Å²) in [5.41, 5.74) is 11.0. The highest BCUT2D eigenvalue weighted by molar-refractivity contribution is 6.16. The normalized spacial score (nSPS) is 11.8. The molecule has 2 heterocycles. The van der Waals surface area contributed by atoms with Gasteiger partial charge in [-0.15, -0.1) is 0 Å². The fraction of sp³-hybridized carbons (Fsp3) is 0. The third kappa shape index (κ3) is 4.68. The van der Waals surface area contributed by atoms with Gasteiger partial charge in [0.25, 0.3) is 0 Å². The predicted molar refractivity (Wildman–Crippen MR) is 223 cm³/mol. The fourth-order valence-electron chi connectivity index (χ4n) is 8.27. The van der Waals surface area contributed by atoms with Gasteiger partial charge in [-0.1, -0.05) is 127 Å². The van der Waals surface area contributed by atoms with Crippen LogP contribution in [0.25, 0.3) is 82.1 Å². The van der Waals surface area contributed by atoms with E-state index in [1.54, 1.807) is 0 Å². The first-order valence-corrected chi connectivity index (χ1v) is 18.1. The van der Waals surface area contributed by atoms with Crippen molar-refractivity contribution < 1.29 is 4.42 Å². The van der Waals surface area contributed by atoms with Crippen LogP contribution in [0.2, 0.25) is 0 Å². The van der Waals surface area contributed by atoms with Gasteiger partial charge in [0.1, 0.15) is 11.2 Å². The number of furan rings is 1. The molecule has 0 fully saturated rings. The molecule has 0 saturated heterocycles. The molecule has 0 atom stereocenters. The van der Waals surface area contributed by atoms with Crippen LogP contribution in [-0.2, 0) is 0 Å². The number of rotatable bonds is 5. The highest BCUT2D eigenvalue weighted by atomic mass is 16.3. The summed E-state index contributed by atoms with van der Waals surface area (Å²) in [6, 6.07) is 69.7. The summed E-state index contributed by atoms with van der Waals surface area (Å²) in [5, 5.41) is 9.48. The quantitative estimate of drug-likeness (QED) is 0.181. The molecule has 9 aromatic carbocycles. The summed E-state index contributed by atoms with van der Waals surface area (Å²) in [5.74, 6) is 0. The molecule has 0 bridgehead atoms. The number of fused-ring (bicyclic) bond motifs is 9. The number of hydrogen-bond donors (Lipinski definition) is 0. The van der Waals surface area contributed by atoms with Crippen molar-refractivity contribution >= 4 is 82.4 Å². The zero-order chi connectivity index (χ0) is 34.9. The van der Waals surface area contributed by atoms with Gasteiger partial charge < -0.3 is 13.9 Å². The predicted octanol–water partition coefficient (Wildman–Crippen LogP) is 14.1. The molecule has 11 rings (SSSR count). The monoisotopic (exact) mass is 676 g/mol. The van der Waals surface area contributed by atoms with Gasteiger partial charge in [-0.05, 0) is 88.6 Å². The minimum absolute atomic E-state index is 0.887. The lowest BCUT2D eigenvalue weighted by Crippen LogP contribution is -2.10. The van der Waals surface area contributed by atoms with Gasteiger partial charge in [-0.3, -0.25) is 0 Å². The molecule has 0 aliphatic heterocycles. The second-order valence-electron chi connectivity index (χ2n) is 13.7. The molecule has 0 unspecified atom stereocenters. The van der Waals surface area contributed by atoms with E-state index in [4.69, 9.17) is 4.42 Å². The van der Waals surface area contributed by atoms with E-state index in [1.165, 1.54) is 49.1 Å². The topological polar surface area (TPSA) is 21.3 Å². The van der Waals surface area contributed by atoms with Crippen LogP contribution < -0.4 is 4.90 Å². The van der Waals surface area contributed by atoms with Gasteiger partial charge in [0.15, 0.2) is 0 Å². The molecule has 11 aromatic rings. The van der Waals surface area contributed by atoms with Crippen molar-refractivity contribution in [3.05, 3.63) is 194 Å². The van der Waals surface area contributed by atoms with Crippen LogP contribution in [0.4, 0.5) is 17.1 Å². The molecule has 0 aliphatic rings. The molecule has 0 N–H and O–H groups in total. The number of nitrogens with zero attached hydrogens (tertiary/aromatic N) is 2. The lowest BCUT2D eigenvalue weighted by Gasteiger charge is -2.27. The molecule has 2 aromatic heterocycles. The molecule has 3 nitrogen and oxygen atoms in total. The second kappa shape index (κ2) is 11.7. The number of aromatic nitrogens is 1. The zero-order valence-corrected chi connectivity index (χ0v) is 28.8. The van der Waals surface area contributed by atoms with E-state index in [0.717, 1.165) is 50.1 Å². The van der Waals surface area contributed by atoms with Gasteiger partial charge in [0.05, 0.1) is 16.7 Å². The molecule has 0 amide bonds. The van der Waals surface area contributed by atoms with Gasteiger partial charge in [0.2, 0.25) is 0 Å². The van der Waals surface area contributed by atoms with E-state index in [-0.39, 0.29) is 0 Å². The molecule has 0 aliphatic carbocycles. The van der Waals surface area contributed by atoms with Gasteiger partial charge in [0, 0.05) is 49.4 Å². The van der Waals surface area contributed by atoms with E-state index in [0.29, 0.717) is 0 Å². The van der Waals surface area contributed by atoms with E-state index in [2.05, 4.69) is 204 Å². The van der Waals surface area contributed by atoms with Crippen LogP contribution in [-0.4, -0.2) is 4.57 Å². The lowest BCUT2D eigenvalue weighted by atomic mass is 10.0. The molecule has 248 valence electrons. The Morgan fingerprint density at radius 1 is 0.377 bits per heavy atom. The van der Waals surface area contributed by atoms with Crippen LogP contribution in [0.5, 0.6) is 0 Å². The van der Waals surface area contributed by atoms with Gasteiger partial charge >= 0.3 is 0 Å². The minimum Gasteiger partial charge on any atom is -0.455 e.